The van der Waals surface area contributed by atoms with Crippen molar-refractivity contribution in [3.8, 4) is 0 Å². The van der Waals surface area contributed by atoms with Gasteiger partial charge in [-0.2, -0.15) is 11.8 Å². The lowest BCUT2D eigenvalue weighted by molar-refractivity contribution is 0.00448. The summed E-state index contributed by atoms with van der Waals surface area (Å²) in [6.07, 6.45) is 4.27. The topological polar surface area (TPSA) is 41.6 Å². The monoisotopic (exact) mass is 328 g/mol. The molecular weight excluding hydrogens is 296 g/mol. The van der Waals surface area contributed by atoms with E-state index in [1.165, 1.54) is 5.75 Å². The molecule has 0 aromatic heterocycles. The van der Waals surface area contributed by atoms with Crippen LogP contribution in [0.2, 0.25) is 0 Å². The Labute approximate surface area is 139 Å². The zero-order valence-electron chi connectivity index (χ0n) is 14.7. The highest BCUT2D eigenvalue weighted by atomic mass is 32.2. The van der Waals surface area contributed by atoms with Gasteiger partial charge in [0.25, 0.3) is 0 Å². The fourth-order valence-corrected chi connectivity index (χ4v) is 4.36. The van der Waals surface area contributed by atoms with Gasteiger partial charge >= 0.3 is 6.09 Å². The van der Waals surface area contributed by atoms with Gasteiger partial charge in [0.05, 0.1) is 0 Å². The predicted molar refractivity (Wildman–Crippen MR) is 93.5 cm³/mol. The maximum Gasteiger partial charge on any atom is 0.410 e. The number of thioether (sulfide) groups is 1. The summed E-state index contributed by atoms with van der Waals surface area (Å²) < 4.78 is 5.59. The van der Waals surface area contributed by atoms with E-state index in [1.54, 1.807) is 0 Å². The van der Waals surface area contributed by atoms with Crippen LogP contribution in [0.4, 0.5) is 4.79 Å². The van der Waals surface area contributed by atoms with Gasteiger partial charge in [0.1, 0.15) is 5.60 Å². The van der Waals surface area contributed by atoms with Crippen LogP contribution in [-0.4, -0.2) is 52.3 Å². The van der Waals surface area contributed by atoms with Crippen molar-refractivity contribution in [2.45, 2.75) is 90.1 Å². The van der Waals surface area contributed by atoms with Crippen molar-refractivity contribution in [3.63, 3.8) is 0 Å². The quantitative estimate of drug-likeness (QED) is 0.836. The van der Waals surface area contributed by atoms with Crippen LogP contribution in [0.25, 0.3) is 0 Å². The Hall–Kier alpha value is -0.420. The Morgan fingerprint density at radius 2 is 1.91 bits per heavy atom. The van der Waals surface area contributed by atoms with E-state index < -0.39 is 5.60 Å². The third-order valence-electron chi connectivity index (χ3n) is 4.43. The second kappa shape index (κ2) is 7.43. The number of rotatable bonds is 5. The van der Waals surface area contributed by atoms with Crippen molar-refractivity contribution in [1.82, 2.24) is 10.2 Å². The van der Waals surface area contributed by atoms with E-state index >= 15 is 0 Å². The molecule has 22 heavy (non-hydrogen) atoms. The minimum atomic E-state index is -0.405. The number of ether oxygens (including phenoxy) is 1. The van der Waals surface area contributed by atoms with Crippen molar-refractivity contribution in [2.24, 2.45) is 0 Å². The molecular formula is C17H32N2O2S. The summed E-state index contributed by atoms with van der Waals surface area (Å²) in [5.41, 5.74) is -0.405. The number of nitrogens with zero attached hydrogens (tertiary/aromatic N) is 1. The lowest BCUT2D eigenvalue weighted by Crippen LogP contribution is -2.54. The molecule has 3 atom stereocenters. The number of piperidine rings is 1. The van der Waals surface area contributed by atoms with Gasteiger partial charge < -0.3 is 15.0 Å². The van der Waals surface area contributed by atoms with E-state index in [2.05, 4.69) is 19.2 Å². The summed E-state index contributed by atoms with van der Waals surface area (Å²) in [6.45, 7) is 10.3. The first-order valence-corrected chi connectivity index (χ1v) is 9.80. The Morgan fingerprint density at radius 1 is 1.32 bits per heavy atom. The molecule has 2 rings (SSSR count). The van der Waals surface area contributed by atoms with E-state index in [-0.39, 0.29) is 6.09 Å². The standard InChI is InChI=1S/C17H32N2O2S/c1-6-22-11-12(2)18-13-9-14-7-8-15(10-13)19(14)16(20)21-17(3,4)5/h12-15,18H,6-11H2,1-5H3. The first-order valence-electron chi connectivity index (χ1n) is 8.65. The lowest BCUT2D eigenvalue weighted by Gasteiger charge is -2.40. The Morgan fingerprint density at radius 3 is 2.41 bits per heavy atom. The molecule has 0 aromatic carbocycles. The molecule has 2 bridgehead atoms. The van der Waals surface area contributed by atoms with Crippen LogP contribution >= 0.6 is 11.8 Å². The molecule has 2 aliphatic rings. The number of hydrogen-bond acceptors (Lipinski definition) is 4. The largest absolute Gasteiger partial charge is 0.444 e. The zero-order chi connectivity index (χ0) is 16.3. The van der Waals surface area contributed by atoms with Crippen LogP contribution in [0.3, 0.4) is 0 Å². The van der Waals surface area contributed by atoms with Crippen molar-refractivity contribution < 1.29 is 9.53 Å². The summed E-state index contributed by atoms with van der Waals surface area (Å²) in [5.74, 6) is 2.34. The molecule has 0 saturated carbocycles. The molecule has 2 fully saturated rings. The van der Waals surface area contributed by atoms with Crippen molar-refractivity contribution in [3.05, 3.63) is 0 Å². The normalized spacial score (nSPS) is 29.5. The zero-order valence-corrected chi connectivity index (χ0v) is 15.5. The summed E-state index contributed by atoms with van der Waals surface area (Å²) in [6, 6.07) is 1.81. The molecule has 0 radical (unpaired) electrons. The average Bonchev–Trinajstić information content (AvgIpc) is 2.66. The average molecular weight is 329 g/mol. The number of nitrogens with one attached hydrogen (secondary N) is 1. The molecule has 2 heterocycles. The van der Waals surface area contributed by atoms with E-state index in [9.17, 15) is 4.79 Å². The molecule has 0 spiro atoms. The van der Waals surface area contributed by atoms with Crippen LogP contribution in [0.5, 0.6) is 0 Å². The minimum absolute atomic E-state index is 0.118. The van der Waals surface area contributed by atoms with Crippen LogP contribution in [0.15, 0.2) is 0 Å². The molecule has 4 nitrogen and oxygen atoms in total. The van der Waals surface area contributed by atoms with E-state index in [0.717, 1.165) is 31.4 Å². The van der Waals surface area contributed by atoms with Gasteiger partial charge in [0.2, 0.25) is 0 Å². The third kappa shape index (κ3) is 4.79. The molecule has 1 amide bonds. The van der Waals surface area contributed by atoms with Crippen LogP contribution in [-0.2, 0) is 4.74 Å². The highest BCUT2D eigenvalue weighted by Gasteiger charge is 2.44. The van der Waals surface area contributed by atoms with Gasteiger partial charge in [-0.25, -0.2) is 4.79 Å². The van der Waals surface area contributed by atoms with Crippen molar-refractivity contribution >= 4 is 17.9 Å². The van der Waals surface area contributed by atoms with Crippen LogP contribution < -0.4 is 5.32 Å². The second-order valence-electron chi connectivity index (χ2n) is 7.67. The fourth-order valence-electron chi connectivity index (χ4n) is 3.67. The molecule has 3 unspecified atom stereocenters. The van der Waals surface area contributed by atoms with E-state index in [1.807, 2.05) is 37.4 Å². The third-order valence-corrected chi connectivity index (χ3v) is 5.57. The number of fused-ring (bicyclic) bond motifs is 2. The summed E-state index contributed by atoms with van der Waals surface area (Å²) >= 11 is 1.99. The van der Waals surface area contributed by atoms with Crippen molar-refractivity contribution in [1.29, 1.82) is 0 Å². The maximum atomic E-state index is 12.4. The van der Waals surface area contributed by atoms with Gasteiger partial charge in [-0.15, -0.1) is 0 Å². The van der Waals surface area contributed by atoms with E-state index in [4.69, 9.17) is 4.74 Å². The SMILES string of the molecule is CCSCC(C)NC1CC2CCC(C1)N2C(=O)OC(C)(C)C. The first kappa shape index (κ1) is 17.9. The Kier molecular flexibility index (Phi) is 6.06. The summed E-state index contributed by atoms with van der Waals surface area (Å²) in [7, 11) is 0. The predicted octanol–water partition coefficient (Wildman–Crippen LogP) is 3.65. The van der Waals surface area contributed by atoms with Crippen LogP contribution in [0.1, 0.15) is 60.3 Å². The highest BCUT2D eigenvalue weighted by Crippen LogP contribution is 2.37. The maximum absolute atomic E-state index is 12.4. The van der Waals surface area contributed by atoms with Gasteiger partial charge in [0, 0.05) is 29.9 Å². The molecule has 0 aromatic rings. The van der Waals surface area contributed by atoms with Crippen molar-refractivity contribution in [2.75, 3.05) is 11.5 Å². The molecule has 5 heteroatoms. The second-order valence-corrected chi connectivity index (χ2v) is 8.99. The number of carbonyl (C=O) groups is 1. The van der Waals surface area contributed by atoms with Gasteiger partial charge in [-0.3, -0.25) is 0 Å². The summed E-state index contributed by atoms with van der Waals surface area (Å²) in [4.78, 5) is 14.4. The Bertz CT molecular complexity index is 369. The smallest absolute Gasteiger partial charge is 0.410 e. The Balaban J connectivity index is 1.87. The fraction of sp³-hybridized carbons (Fsp3) is 0.941. The van der Waals surface area contributed by atoms with Gasteiger partial charge in [-0.05, 0) is 59.1 Å². The molecule has 2 saturated heterocycles. The lowest BCUT2D eigenvalue weighted by atomic mass is 9.97. The van der Waals surface area contributed by atoms with Crippen LogP contribution in [0, 0.1) is 0 Å². The van der Waals surface area contributed by atoms with Gasteiger partial charge in [0.15, 0.2) is 0 Å². The first-order chi connectivity index (χ1) is 10.3. The number of amides is 1. The number of carbonyl (C=O) groups excluding carboxylic acids is 1. The highest BCUT2D eigenvalue weighted by molar-refractivity contribution is 7.99. The molecule has 2 aliphatic heterocycles. The van der Waals surface area contributed by atoms with E-state index in [0.29, 0.717) is 24.2 Å². The molecule has 1 N–H and O–H groups in total. The van der Waals surface area contributed by atoms with Gasteiger partial charge in [-0.1, -0.05) is 6.92 Å². The summed E-state index contributed by atoms with van der Waals surface area (Å²) in [5, 5.41) is 3.76. The molecule has 0 aliphatic carbocycles. The number of hydrogen-bond donors (Lipinski definition) is 1. The molecule has 128 valence electrons. The minimum Gasteiger partial charge on any atom is -0.444 e.